The van der Waals surface area contributed by atoms with Crippen molar-refractivity contribution in [3.05, 3.63) is 93.1 Å². The predicted octanol–water partition coefficient (Wildman–Crippen LogP) is 10.1. The van der Waals surface area contributed by atoms with Gasteiger partial charge in [-0.1, -0.05) is 41.5 Å². The van der Waals surface area contributed by atoms with Gasteiger partial charge in [-0.05, 0) is 104 Å². The number of pyridine rings is 2. The number of halogens is 3. The van der Waals surface area contributed by atoms with Crippen LogP contribution in [0, 0.1) is 22.5 Å². The molecule has 0 saturated carbocycles. The average molecular weight is 702 g/mol. The van der Waals surface area contributed by atoms with E-state index in [1.165, 1.54) is 18.2 Å². The molecule has 0 unspecified atom stereocenters. The number of benzene rings is 2. The van der Waals surface area contributed by atoms with Gasteiger partial charge in [-0.2, -0.15) is 0 Å². The largest absolute Gasteiger partial charge is 0.481 e. The van der Waals surface area contributed by atoms with Crippen molar-refractivity contribution in [3.63, 3.8) is 0 Å². The van der Waals surface area contributed by atoms with E-state index in [0.717, 1.165) is 38.7 Å². The minimum Gasteiger partial charge on any atom is -0.481 e. The molecule has 0 radical (unpaired) electrons. The van der Waals surface area contributed by atoms with Gasteiger partial charge >= 0.3 is 0 Å². The van der Waals surface area contributed by atoms with E-state index < -0.39 is 0 Å². The summed E-state index contributed by atoms with van der Waals surface area (Å²) in [5, 5.41) is 2.26. The van der Waals surface area contributed by atoms with Crippen molar-refractivity contribution in [1.82, 2.24) is 9.97 Å². The molecule has 248 valence electrons. The molecule has 2 heterocycles. The summed E-state index contributed by atoms with van der Waals surface area (Å²) in [6.45, 7) is 12.6. The van der Waals surface area contributed by atoms with Gasteiger partial charge in [0.1, 0.15) is 18.2 Å². The normalized spacial score (nSPS) is 10.6. The highest BCUT2D eigenvalue weighted by atomic mass is 79.9. The fraction of sp³-hybridized carbons (Fsp3) is 0.371. The van der Waals surface area contributed by atoms with Crippen molar-refractivity contribution in [2.24, 2.45) is 11.3 Å². The van der Waals surface area contributed by atoms with Gasteiger partial charge < -0.3 is 20.0 Å². The molecule has 0 aliphatic carbocycles. The lowest BCUT2D eigenvalue weighted by molar-refractivity contribution is 0.128. The van der Waals surface area contributed by atoms with Gasteiger partial charge in [0, 0.05) is 40.2 Å². The molecular weight excluding hydrogens is 658 g/mol. The topological polar surface area (TPSA) is 109 Å². The maximum atomic E-state index is 13.8. The van der Waals surface area contributed by atoms with E-state index in [4.69, 9.17) is 15.2 Å². The Morgan fingerprint density at radius 1 is 0.783 bits per heavy atom. The van der Waals surface area contributed by atoms with Crippen molar-refractivity contribution < 1.29 is 23.1 Å². The molecule has 0 aliphatic rings. The second-order valence-electron chi connectivity index (χ2n) is 11.4. The number of nitrogens with zero attached hydrogens (tertiary/aromatic N) is 3. The molecule has 8 nitrogen and oxygen atoms in total. The SMILES string of the molecule is CC(C)CCON=O.COc1cc(-c2cc(F)cc(C(C)C)c2Br)ccn1.COc1cc(-c2cc(F)cc(C(C)C)c2N)ccn1. The summed E-state index contributed by atoms with van der Waals surface area (Å²) < 4.78 is 38.6. The van der Waals surface area contributed by atoms with Crippen molar-refractivity contribution in [3.8, 4) is 34.0 Å². The first-order valence-electron chi connectivity index (χ1n) is 14.9. The van der Waals surface area contributed by atoms with Crippen molar-refractivity contribution in [1.29, 1.82) is 0 Å². The summed E-state index contributed by atoms with van der Waals surface area (Å²) in [6.07, 6.45) is 4.17. The van der Waals surface area contributed by atoms with E-state index in [-0.39, 0.29) is 23.5 Å². The molecular formula is C35H43BrF2N4O4. The second kappa shape index (κ2) is 18.8. The smallest absolute Gasteiger partial charge is 0.213 e. The minimum atomic E-state index is -0.288. The van der Waals surface area contributed by atoms with Crippen LogP contribution in [-0.4, -0.2) is 30.8 Å². The third-order valence-corrected chi connectivity index (χ3v) is 7.72. The number of nitrogens with two attached hydrogens (primary N) is 1. The number of hydrogen-bond donors (Lipinski definition) is 1. The lowest BCUT2D eigenvalue weighted by atomic mass is 9.95. The van der Waals surface area contributed by atoms with Crippen LogP contribution in [-0.2, 0) is 4.84 Å². The maximum Gasteiger partial charge on any atom is 0.213 e. The Kier molecular flexibility index (Phi) is 15.5. The zero-order chi connectivity index (χ0) is 34.4. The minimum absolute atomic E-state index is 0.165. The van der Waals surface area contributed by atoms with E-state index in [9.17, 15) is 13.7 Å². The zero-order valence-electron chi connectivity index (χ0n) is 27.6. The maximum absolute atomic E-state index is 13.8. The number of nitrogen functional groups attached to an aromatic ring is 1. The molecule has 0 fully saturated rings. The number of aromatic nitrogens is 2. The Bertz CT molecular complexity index is 1460. The third-order valence-electron chi connectivity index (χ3n) is 6.84. The Morgan fingerprint density at radius 3 is 1.72 bits per heavy atom. The van der Waals surface area contributed by atoms with Crippen LogP contribution in [0.3, 0.4) is 0 Å². The van der Waals surface area contributed by atoms with E-state index in [1.54, 1.807) is 50.9 Å². The molecule has 11 heteroatoms. The summed E-state index contributed by atoms with van der Waals surface area (Å²) >= 11 is 3.57. The Balaban J connectivity index is 0.000000261. The van der Waals surface area contributed by atoms with Gasteiger partial charge in [0.15, 0.2) is 5.34 Å². The summed E-state index contributed by atoms with van der Waals surface area (Å²) in [7, 11) is 3.10. The van der Waals surface area contributed by atoms with E-state index in [1.807, 2.05) is 33.8 Å². The van der Waals surface area contributed by atoms with Crippen molar-refractivity contribution in [2.75, 3.05) is 26.6 Å². The molecule has 0 saturated heterocycles. The van der Waals surface area contributed by atoms with Crippen molar-refractivity contribution in [2.45, 2.75) is 59.8 Å². The van der Waals surface area contributed by atoms with Crippen molar-refractivity contribution >= 4 is 21.6 Å². The van der Waals surface area contributed by atoms with Crippen LogP contribution in [0.5, 0.6) is 11.8 Å². The molecule has 0 spiro atoms. The first-order chi connectivity index (χ1) is 21.8. The standard InChI is InChI=1S/C15H15BrFNO.C15H17FN2O.C5H11NO2/c1-9(2)12-7-11(17)8-13(15(12)16)10-4-5-18-14(6-10)19-3;1-9(2)12-7-11(16)8-13(15(12)17)10-4-5-18-14(6-10)19-3;1-5(2)3-4-8-6-7/h4-9H,1-3H3;4-9H,17H2,1-3H3;5H,3-4H2,1-2H3. The van der Waals surface area contributed by atoms with Crippen LogP contribution >= 0.6 is 15.9 Å². The number of rotatable bonds is 10. The summed E-state index contributed by atoms with van der Waals surface area (Å²) in [5.74, 6) is 1.45. The highest BCUT2D eigenvalue weighted by Gasteiger charge is 2.15. The fourth-order valence-corrected chi connectivity index (χ4v) is 5.21. The van der Waals surface area contributed by atoms with Gasteiger partial charge in [0.25, 0.3) is 0 Å². The first kappa shape index (κ1) is 38.1. The molecule has 2 aromatic heterocycles. The molecule has 0 amide bonds. The molecule has 0 aliphatic heterocycles. The Morgan fingerprint density at radius 2 is 1.26 bits per heavy atom. The molecule has 0 bridgehead atoms. The van der Waals surface area contributed by atoms with Gasteiger partial charge in [0.2, 0.25) is 11.8 Å². The molecule has 46 heavy (non-hydrogen) atoms. The van der Waals surface area contributed by atoms with E-state index in [2.05, 4.69) is 49.9 Å². The molecule has 2 N–H and O–H groups in total. The lowest BCUT2D eigenvalue weighted by Crippen LogP contribution is -2.01. The number of anilines is 1. The zero-order valence-corrected chi connectivity index (χ0v) is 29.2. The van der Waals surface area contributed by atoms with Crippen LogP contribution in [0.1, 0.15) is 70.9 Å². The highest BCUT2D eigenvalue weighted by molar-refractivity contribution is 9.10. The summed E-state index contributed by atoms with van der Waals surface area (Å²) in [5.41, 5.74) is 11.7. The highest BCUT2D eigenvalue weighted by Crippen LogP contribution is 2.37. The van der Waals surface area contributed by atoms with E-state index >= 15 is 0 Å². The lowest BCUT2D eigenvalue weighted by Gasteiger charge is -2.14. The van der Waals surface area contributed by atoms with Crippen LogP contribution in [0.4, 0.5) is 14.5 Å². The third kappa shape index (κ3) is 11.3. The quantitative estimate of drug-likeness (QED) is 0.0759. The van der Waals surface area contributed by atoms with Gasteiger partial charge in [-0.25, -0.2) is 18.7 Å². The monoisotopic (exact) mass is 700 g/mol. The van der Waals surface area contributed by atoms with Crippen LogP contribution in [0.25, 0.3) is 22.3 Å². The number of ether oxygens (including phenoxy) is 2. The number of hydrogen-bond acceptors (Lipinski definition) is 8. The van der Waals surface area contributed by atoms with Gasteiger partial charge in [-0.3, -0.25) is 0 Å². The predicted molar refractivity (Wildman–Crippen MR) is 184 cm³/mol. The van der Waals surface area contributed by atoms with Crippen LogP contribution < -0.4 is 15.2 Å². The molecule has 4 rings (SSSR count). The number of methoxy groups -OCH3 is 2. The molecule has 4 aromatic rings. The first-order valence-corrected chi connectivity index (χ1v) is 15.6. The van der Waals surface area contributed by atoms with Gasteiger partial charge in [-0.15, -0.1) is 4.91 Å². The Hall–Kier alpha value is -4.12. The molecule has 0 atom stereocenters. The summed E-state index contributed by atoms with van der Waals surface area (Å²) in [4.78, 5) is 21.6. The molecule has 2 aromatic carbocycles. The van der Waals surface area contributed by atoms with Crippen LogP contribution in [0.2, 0.25) is 0 Å². The van der Waals surface area contributed by atoms with Crippen LogP contribution in [0.15, 0.2) is 70.7 Å². The fourth-order valence-electron chi connectivity index (χ4n) is 4.30. The van der Waals surface area contributed by atoms with E-state index in [0.29, 0.717) is 35.5 Å². The Labute approximate surface area is 278 Å². The second-order valence-corrected chi connectivity index (χ2v) is 12.2. The average Bonchev–Trinajstić information content (AvgIpc) is 3.03. The summed E-state index contributed by atoms with van der Waals surface area (Å²) in [6, 6.07) is 13.2. The van der Waals surface area contributed by atoms with Gasteiger partial charge in [0.05, 0.1) is 14.2 Å².